The Balaban J connectivity index is 3.02. The zero-order valence-electron chi connectivity index (χ0n) is 21.8. The van der Waals surface area contributed by atoms with Crippen LogP contribution >= 0.6 is 0 Å². The van der Waals surface area contributed by atoms with Crippen molar-refractivity contribution in [2.45, 2.75) is 6.92 Å². The van der Waals surface area contributed by atoms with Gasteiger partial charge in [-0.05, 0) is 0 Å². The van der Waals surface area contributed by atoms with Crippen LogP contribution in [0, 0.1) is 0 Å². The zero-order chi connectivity index (χ0) is 26.2. The second-order valence-corrected chi connectivity index (χ2v) is 6.89. The van der Waals surface area contributed by atoms with E-state index in [4.69, 9.17) is 52.1 Å². The van der Waals surface area contributed by atoms with Crippen LogP contribution in [0.25, 0.3) is 0 Å². The lowest BCUT2D eigenvalue weighted by Crippen LogP contribution is -2.15. The van der Waals surface area contributed by atoms with Gasteiger partial charge in [-0.25, -0.2) is 0 Å². The maximum atomic E-state index is 10.6. The van der Waals surface area contributed by atoms with Crippen molar-refractivity contribution in [2.75, 3.05) is 132 Å². The molecule has 36 heavy (non-hydrogen) atoms. The van der Waals surface area contributed by atoms with Crippen LogP contribution in [-0.2, 0) is 56.9 Å². The summed E-state index contributed by atoms with van der Waals surface area (Å²) in [6, 6.07) is 0. The largest absolute Gasteiger partial charge is 0.499 e. The fraction of sp³-hybridized carbons (Fsp3) is 0.875. The standard InChI is InChI=1S/C24H46O12/c1-3-26-4-5-27-6-7-28-8-9-29-10-11-30-12-13-31-14-15-32-16-17-33-18-19-34-20-21-35-22-23-36-24(2)25/h3H,1,4-23H2,2H3. The number of esters is 1. The van der Waals surface area contributed by atoms with E-state index < -0.39 is 0 Å². The minimum Gasteiger partial charge on any atom is -0.499 e. The summed E-state index contributed by atoms with van der Waals surface area (Å²) in [5, 5.41) is 0. The molecule has 0 N–H and O–H groups in total. The van der Waals surface area contributed by atoms with E-state index >= 15 is 0 Å². The van der Waals surface area contributed by atoms with Crippen molar-refractivity contribution in [1.82, 2.24) is 0 Å². The Morgan fingerprint density at radius 2 is 0.667 bits per heavy atom. The molecule has 0 fully saturated rings. The second kappa shape index (κ2) is 31.7. The number of ether oxygens (including phenoxy) is 11. The average Bonchev–Trinajstić information content (AvgIpc) is 2.87. The SMILES string of the molecule is C=COCCOCCOCCOCCOCCOCCOCCOCCOCCOCCOC(C)=O. The van der Waals surface area contributed by atoms with Crippen molar-refractivity contribution in [3.05, 3.63) is 12.8 Å². The van der Waals surface area contributed by atoms with Gasteiger partial charge in [0.2, 0.25) is 0 Å². The molecule has 12 nitrogen and oxygen atoms in total. The number of hydrogen-bond donors (Lipinski definition) is 0. The first-order chi connectivity index (χ1) is 17.8. The van der Waals surface area contributed by atoms with Gasteiger partial charge in [0.05, 0.1) is 125 Å². The Morgan fingerprint density at radius 3 is 0.889 bits per heavy atom. The van der Waals surface area contributed by atoms with Crippen LogP contribution in [0.2, 0.25) is 0 Å². The van der Waals surface area contributed by atoms with Crippen molar-refractivity contribution >= 4 is 5.97 Å². The first-order valence-electron chi connectivity index (χ1n) is 12.3. The van der Waals surface area contributed by atoms with Crippen LogP contribution in [0.15, 0.2) is 12.8 Å². The van der Waals surface area contributed by atoms with Crippen LogP contribution in [0.3, 0.4) is 0 Å². The van der Waals surface area contributed by atoms with Gasteiger partial charge in [0.15, 0.2) is 0 Å². The molecule has 0 aromatic carbocycles. The van der Waals surface area contributed by atoms with Crippen molar-refractivity contribution in [3.8, 4) is 0 Å². The quantitative estimate of drug-likeness (QED) is 0.0724. The van der Waals surface area contributed by atoms with E-state index in [2.05, 4.69) is 6.58 Å². The van der Waals surface area contributed by atoms with Gasteiger partial charge in [0.25, 0.3) is 0 Å². The van der Waals surface area contributed by atoms with Gasteiger partial charge >= 0.3 is 5.97 Å². The summed E-state index contributed by atoms with van der Waals surface area (Å²) in [7, 11) is 0. The van der Waals surface area contributed by atoms with Gasteiger partial charge in [0, 0.05) is 6.92 Å². The lowest BCUT2D eigenvalue weighted by atomic mass is 10.6. The van der Waals surface area contributed by atoms with E-state index in [1.54, 1.807) is 0 Å². The van der Waals surface area contributed by atoms with E-state index in [0.29, 0.717) is 126 Å². The number of rotatable bonds is 31. The molecular formula is C24H46O12. The Kier molecular flexibility index (Phi) is 30.5. The van der Waals surface area contributed by atoms with E-state index in [9.17, 15) is 4.79 Å². The normalized spacial score (nSPS) is 11.0. The Morgan fingerprint density at radius 1 is 0.444 bits per heavy atom. The molecule has 0 radical (unpaired) electrons. The molecule has 0 amide bonds. The van der Waals surface area contributed by atoms with E-state index in [0.717, 1.165) is 0 Å². The first kappa shape index (κ1) is 34.6. The molecule has 0 aromatic heterocycles. The molecule has 0 heterocycles. The average molecular weight is 527 g/mol. The van der Waals surface area contributed by atoms with E-state index in [1.165, 1.54) is 13.2 Å². The summed E-state index contributed by atoms with van der Waals surface area (Å²) >= 11 is 0. The zero-order valence-corrected chi connectivity index (χ0v) is 21.8. The number of carbonyl (C=O) groups is 1. The topological polar surface area (TPSA) is 119 Å². The lowest BCUT2D eigenvalue weighted by molar-refractivity contribution is -0.142. The van der Waals surface area contributed by atoms with Crippen LogP contribution < -0.4 is 0 Å². The van der Waals surface area contributed by atoms with Gasteiger partial charge in [-0.15, -0.1) is 0 Å². The van der Waals surface area contributed by atoms with Gasteiger partial charge in [-0.2, -0.15) is 0 Å². The molecule has 0 rings (SSSR count). The minimum atomic E-state index is -0.310. The minimum absolute atomic E-state index is 0.260. The molecule has 0 saturated heterocycles. The third-order valence-corrected chi connectivity index (χ3v) is 3.97. The van der Waals surface area contributed by atoms with E-state index in [-0.39, 0.29) is 12.6 Å². The first-order valence-corrected chi connectivity index (χ1v) is 12.3. The highest BCUT2D eigenvalue weighted by Crippen LogP contribution is 1.87. The molecule has 0 aliphatic rings. The Bertz CT molecular complexity index is 453. The molecule has 214 valence electrons. The van der Waals surface area contributed by atoms with Crippen molar-refractivity contribution in [2.24, 2.45) is 0 Å². The maximum Gasteiger partial charge on any atom is 0.302 e. The monoisotopic (exact) mass is 526 g/mol. The molecule has 0 saturated carbocycles. The Hall–Kier alpha value is -1.35. The highest BCUT2D eigenvalue weighted by atomic mass is 16.6. The fourth-order valence-electron chi connectivity index (χ4n) is 2.30. The molecule has 12 heteroatoms. The van der Waals surface area contributed by atoms with Crippen LogP contribution in [0.4, 0.5) is 0 Å². The van der Waals surface area contributed by atoms with Crippen molar-refractivity contribution in [3.63, 3.8) is 0 Å². The third-order valence-electron chi connectivity index (χ3n) is 3.97. The molecule has 0 aliphatic heterocycles. The number of hydrogen-bond acceptors (Lipinski definition) is 12. The summed E-state index contributed by atoms with van der Waals surface area (Å²) < 4.78 is 58.1. The van der Waals surface area contributed by atoms with Gasteiger partial charge in [0.1, 0.15) is 13.2 Å². The fourth-order valence-corrected chi connectivity index (χ4v) is 2.30. The molecular weight excluding hydrogens is 480 g/mol. The smallest absolute Gasteiger partial charge is 0.302 e. The molecule has 0 aliphatic carbocycles. The summed E-state index contributed by atoms with van der Waals surface area (Å²) in [5.74, 6) is -0.310. The highest BCUT2D eigenvalue weighted by Gasteiger charge is 1.96. The van der Waals surface area contributed by atoms with Gasteiger partial charge in [-0.3, -0.25) is 4.79 Å². The molecule has 0 spiro atoms. The predicted molar refractivity (Wildman–Crippen MR) is 130 cm³/mol. The van der Waals surface area contributed by atoms with Gasteiger partial charge < -0.3 is 52.1 Å². The summed E-state index contributed by atoms with van der Waals surface area (Å²) in [4.78, 5) is 10.6. The van der Waals surface area contributed by atoms with Crippen LogP contribution in [0.5, 0.6) is 0 Å². The van der Waals surface area contributed by atoms with Crippen molar-refractivity contribution in [1.29, 1.82) is 0 Å². The third kappa shape index (κ3) is 32.7. The molecule has 0 atom stereocenters. The van der Waals surface area contributed by atoms with E-state index in [1.807, 2.05) is 0 Å². The highest BCUT2D eigenvalue weighted by molar-refractivity contribution is 5.65. The van der Waals surface area contributed by atoms with Gasteiger partial charge in [-0.1, -0.05) is 6.58 Å². The summed E-state index contributed by atoms with van der Waals surface area (Å²) in [6.07, 6.45) is 1.39. The predicted octanol–water partition coefficient (Wildman–Crippen LogP) is 0.859. The number of carbonyl (C=O) groups excluding carboxylic acids is 1. The molecule has 0 bridgehead atoms. The molecule has 0 aromatic rings. The van der Waals surface area contributed by atoms with Crippen molar-refractivity contribution < 1.29 is 56.9 Å². The summed E-state index contributed by atoms with van der Waals surface area (Å²) in [6.45, 7) is 14.5. The second-order valence-electron chi connectivity index (χ2n) is 6.89. The maximum absolute atomic E-state index is 10.6. The lowest BCUT2D eigenvalue weighted by Gasteiger charge is -2.09. The van der Waals surface area contributed by atoms with Crippen LogP contribution in [-0.4, -0.2) is 138 Å². The summed E-state index contributed by atoms with van der Waals surface area (Å²) in [5.41, 5.74) is 0. The molecule has 0 unspecified atom stereocenters. The van der Waals surface area contributed by atoms with Crippen LogP contribution in [0.1, 0.15) is 6.92 Å². The Labute approximate surface area is 215 Å².